The molecule has 254 valence electrons. The van der Waals surface area contributed by atoms with Crippen LogP contribution in [0, 0.1) is 17.8 Å². The zero-order valence-corrected chi connectivity index (χ0v) is 27.7. The number of carbonyl (C=O) groups excluding carboxylic acids is 4. The van der Waals surface area contributed by atoms with Gasteiger partial charge in [0, 0.05) is 36.9 Å². The summed E-state index contributed by atoms with van der Waals surface area (Å²) in [7, 11) is 0. The third-order valence-electron chi connectivity index (χ3n) is 7.32. The van der Waals surface area contributed by atoms with Gasteiger partial charge in [0.25, 0.3) is 0 Å². The van der Waals surface area contributed by atoms with E-state index in [-0.39, 0.29) is 55.3 Å². The summed E-state index contributed by atoms with van der Waals surface area (Å²) >= 11 is 0. The highest BCUT2D eigenvalue weighted by Crippen LogP contribution is 2.26. The first-order valence-electron chi connectivity index (χ1n) is 16.1. The van der Waals surface area contributed by atoms with Crippen molar-refractivity contribution in [2.75, 3.05) is 64.3 Å². The van der Waals surface area contributed by atoms with Crippen LogP contribution in [-0.4, -0.2) is 88.9 Å². The molecule has 0 saturated heterocycles. The Morgan fingerprint density at radius 3 is 1.96 bits per heavy atom. The molecule has 1 atom stereocenters. The number of benzene rings is 2. The van der Waals surface area contributed by atoms with Crippen LogP contribution < -0.4 is 15.5 Å². The zero-order valence-electron chi connectivity index (χ0n) is 27.7. The Morgan fingerprint density at radius 1 is 0.723 bits per heavy atom. The second-order valence-electron chi connectivity index (χ2n) is 11.4. The van der Waals surface area contributed by atoms with Gasteiger partial charge in [-0.3, -0.25) is 19.2 Å². The molecule has 11 nitrogen and oxygen atoms in total. The van der Waals surface area contributed by atoms with Crippen molar-refractivity contribution < 1.29 is 38.1 Å². The first-order valence-corrected chi connectivity index (χ1v) is 16.1. The quantitative estimate of drug-likeness (QED) is 0.156. The molecule has 2 aromatic rings. The molecular formula is C36H47N3O8. The van der Waals surface area contributed by atoms with E-state index in [9.17, 15) is 19.2 Å². The predicted octanol–water partition coefficient (Wildman–Crippen LogP) is 3.02. The van der Waals surface area contributed by atoms with E-state index in [1.807, 2.05) is 62.4 Å². The Kier molecular flexibility index (Phi) is 16.6. The molecule has 2 N–H and O–H groups in total. The van der Waals surface area contributed by atoms with Gasteiger partial charge in [-0.05, 0) is 36.6 Å². The lowest BCUT2D eigenvalue weighted by Crippen LogP contribution is -2.43. The standard InChI is InChI=1S/C36H47N3O8/c1-27(2)36(28(3)40)38-34(42)16-18-44-20-22-46-24-25-47-23-21-45-19-17-37-33(41)14-15-35(43)39-26-31-10-5-4-8-29(31)12-13-30-9-6-7-11-32(30)39/h4-11,27,36H,14-26H2,1-3H3,(H,37,41)(H,38,42)/t36-/m0/s1. The Hall–Kier alpha value is -4.08. The number of ketones is 1. The maximum atomic E-state index is 13.2. The van der Waals surface area contributed by atoms with Crippen molar-refractivity contribution in [1.29, 1.82) is 0 Å². The number of hydrogen-bond donors (Lipinski definition) is 2. The third-order valence-corrected chi connectivity index (χ3v) is 7.32. The van der Waals surface area contributed by atoms with Crippen molar-refractivity contribution in [3.05, 3.63) is 65.2 Å². The van der Waals surface area contributed by atoms with Gasteiger partial charge in [-0.15, -0.1) is 0 Å². The summed E-state index contributed by atoms with van der Waals surface area (Å²) in [5, 5.41) is 5.53. The molecule has 3 amide bonds. The molecule has 11 heteroatoms. The smallest absolute Gasteiger partial charge is 0.227 e. The molecule has 3 rings (SSSR count). The number of amides is 3. The number of nitrogens with one attached hydrogen (secondary N) is 2. The van der Waals surface area contributed by atoms with E-state index >= 15 is 0 Å². The minimum absolute atomic E-state index is 0.0400. The molecule has 47 heavy (non-hydrogen) atoms. The van der Waals surface area contributed by atoms with E-state index in [4.69, 9.17) is 18.9 Å². The van der Waals surface area contributed by atoms with Gasteiger partial charge in [0.2, 0.25) is 17.7 Å². The Balaban J connectivity index is 1.17. The first kappa shape index (κ1) is 37.4. The van der Waals surface area contributed by atoms with Crippen LogP contribution in [0.4, 0.5) is 5.69 Å². The number of Topliss-reactive ketones (excluding diaryl/α,β-unsaturated/α-hetero) is 1. The molecule has 0 fully saturated rings. The van der Waals surface area contributed by atoms with Gasteiger partial charge in [-0.2, -0.15) is 0 Å². The highest BCUT2D eigenvalue weighted by Gasteiger charge is 2.22. The van der Waals surface area contributed by atoms with E-state index < -0.39 is 6.04 Å². The van der Waals surface area contributed by atoms with Crippen LogP contribution in [-0.2, 0) is 44.7 Å². The van der Waals surface area contributed by atoms with Gasteiger partial charge in [-0.25, -0.2) is 0 Å². The van der Waals surface area contributed by atoms with Gasteiger partial charge in [0.1, 0.15) is 0 Å². The van der Waals surface area contributed by atoms with Crippen LogP contribution in [0.1, 0.15) is 56.7 Å². The summed E-state index contributed by atoms with van der Waals surface area (Å²) in [6.07, 6.45) is 0.342. The average molecular weight is 650 g/mol. The van der Waals surface area contributed by atoms with Crippen LogP contribution in [0.25, 0.3) is 0 Å². The van der Waals surface area contributed by atoms with E-state index in [1.165, 1.54) is 6.92 Å². The van der Waals surface area contributed by atoms with Crippen LogP contribution in [0.15, 0.2) is 48.5 Å². The summed E-state index contributed by atoms with van der Waals surface area (Å²) in [6, 6.07) is 14.9. The number of nitrogens with zero attached hydrogens (tertiary/aromatic N) is 1. The first-order chi connectivity index (χ1) is 22.8. The van der Waals surface area contributed by atoms with Gasteiger partial charge < -0.3 is 34.5 Å². The van der Waals surface area contributed by atoms with Crippen LogP contribution in [0.3, 0.4) is 0 Å². The molecular weight excluding hydrogens is 602 g/mol. The van der Waals surface area contributed by atoms with Crippen molar-refractivity contribution in [2.45, 2.75) is 52.6 Å². The molecule has 0 spiro atoms. The second-order valence-corrected chi connectivity index (χ2v) is 11.4. The summed E-state index contributed by atoms with van der Waals surface area (Å²) < 4.78 is 21.8. The van der Waals surface area contributed by atoms with E-state index in [0.29, 0.717) is 59.3 Å². The molecule has 0 bridgehead atoms. The number of rotatable bonds is 21. The summed E-state index contributed by atoms with van der Waals surface area (Å²) in [5.41, 5.74) is 3.38. The minimum Gasteiger partial charge on any atom is -0.379 e. The largest absolute Gasteiger partial charge is 0.379 e. The molecule has 0 saturated carbocycles. The number of anilines is 1. The lowest BCUT2D eigenvalue weighted by molar-refractivity contribution is -0.128. The van der Waals surface area contributed by atoms with Crippen molar-refractivity contribution in [2.24, 2.45) is 5.92 Å². The number of para-hydroxylation sites is 1. The van der Waals surface area contributed by atoms with Crippen LogP contribution in [0.5, 0.6) is 0 Å². The molecule has 1 aliphatic rings. The lowest BCUT2D eigenvalue weighted by atomic mass is 10.0. The van der Waals surface area contributed by atoms with Crippen molar-refractivity contribution in [1.82, 2.24) is 10.6 Å². The highest BCUT2D eigenvalue weighted by atomic mass is 16.6. The third kappa shape index (κ3) is 13.7. The van der Waals surface area contributed by atoms with Gasteiger partial charge in [0.05, 0.1) is 71.1 Å². The fraction of sp³-hybridized carbons (Fsp3) is 0.500. The fourth-order valence-corrected chi connectivity index (χ4v) is 4.82. The fourth-order valence-electron chi connectivity index (χ4n) is 4.82. The number of carbonyl (C=O) groups is 4. The maximum absolute atomic E-state index is 13.2. The van der Waals surface area contributed by atoms with Crippen molar-refractivity contribution >= 4 is 29.2 Å². The highest BCUT2D eigenvalue weighted by molar-refractivity contribution is 5.97. The number of hydrogen-bond acceptors (Lipinski definition) is 8. The zero-order chi connectivity index (χ0) is 33.9. The van der Waals surface area contributed by atoms with E-state index in [1.54, 1.807) is 4.90 Å². The lowest BCUT2D eigenvalue weighted by Gasteiger charge is -2.26. The second kappa shape index (κ2) is 20.9. The molecule has 0 aliphatic carbocycles. The van der Waals surface area contributed by atoms with Gasteiger partial charge in [0.15, 0.2) is 5.78 Å². The van der Waals surface area contributed by atoms with Crippen LogP contribution >= 0.6 is 0 Å². The molecule has 2 aromatic carbocycles. The number of ether oxygens (including phenoxy) is 4. The summed E-state index contributed by atoms with van der Waals surface area (Å²) in [4.78, 5) is 50.9. The Morgan fingerprint density at radius 2 is 1.30 bits per heavy atom. The average Bonchev–Trinajstić information content (AvgIpc) is 3.05. The van der Waals surface area contributed by atoms with E-state index in [0.717, 1.165) is 22.4 Å². The van der Waals surface area contributed by atoms with Crippen molar-refractivity contribution in [3.63, 3.8) is 0 Å². The van der Waals surface area contributed by atoms with Gasteiger partial charge >= 0.3 is 0 Å². The van der Waals surface area contributed by atoms with Crippen molar-refractivity contribution in [3.8, 4) is 11.8 Å². The monoisotopic (exact) mass is 649 g/mol. The molecule has 0 unspecified atom stereocenters. The molecule has 0 radical (unpaired) electrons. The van der Waals surface area contributed by atoms with E-state index in [2.05, 4.69) is 22.5 Å². The number of fused-ring (bicyclic) bond motifs is 2. The predicted molar refractivity (Wildman–Crippen MR) is 178 cm³/mol. The maximum Gasteiger partial charge on any atom is 0.227 e. The minimum atomic E-state index is -0.471. The Bertz CT molecular complexity index is 1380. The molecule has 0 aromatic heterocycles. The van der Waals surface area contributed by atoms with Gasteiger partial charge in [-0.1, -0.05) is 56.0 Å². The topological polar surface area (TPSA) is 133 Å². The SMILES string of the molecule is CC(=O)[C@@H](NC(=O)CCOCCOCCOCCOCCNC(=O)CCC(=O)N1Cc2ccccc2C#Cc2ccccc21)C(C)C. The molecule has 1 aliphatic heterocycles. The summed E-state index contributed by atoms with van der Waals surface area (Å²) in [5.74, 6) is 5.80. The normalized spacial score (nSPS) is 12.6. The van der Waals surface area contributed by atoms with Crippen LogP contribution in [0.2, 0.25) is 0 Å². The Labute approximate surface area is 277 Å². The molecule has 1 heterocycles. The summed E-state index contributed by atoms with van der Waals surface area (Å²) in [6.45, 7) is 8.86.